The highest BCUT2D eigenvalue weighted by molar-refractivity contribution is 7.17. The molecule has 0 unspecified atom stereocenters. The first kappa shape index (κ1) is 13.0. The minimum absolute atomic E-state index is 0.0109. The Hall–Kier alpha value is -1.98. The molecule has 1 aliphatic heterocycles. The van der Waals surface area contributed by atoms with Gasteiger partial charge in [0, 0.05) is 18.0 Å². The van der Waals surface area contributed by atoms with E-state index in [1.807, 2.05) is 36.4 Å². The van der Waals surface area contributed by atoms with Crippen LogP contribution in [-0.4, -0.2) is 31.8 Å². The Balaban J connectivity index is 2.01. The molecule has 102 valence electrons. The minimum atomic E-state index is 0.0109. The van der Waals surface area contributed by atoms with Crippen LogP contribution in [0.2, 0.25) is 0 Å². The van der Waals surface area contributed by atoms with Gasteiger partial charge in [0.1, 0.15) is 0 Å². The molecule has 0 spiro atoms. The smallest absolute Gasteiger partial charge is 0.241 e. The van der Waals surface area contributed by atoms with E-state index in [-0.39, 0.29) is 5.91 Å². The van der Waals surface area contributed by atoms with E-state index < -0.39 is 0 Å². The van der Waals surface area contributed by atoms with Crippen LogP contribution < -0.4 is 10.2 Å². The number of thiophene rings is 1. The van der Waals surface area contributed by atoms with Crippen LogP contribution in [0.5, 0.6) is 0 Å². The first-order chi connectivity index (χ1) is 9.79. The average molecular weight is 286 g/mol. The summed E-state index contributed by atoms with van der Waals surface area (Å²) in [6.07, 6.45) is 0.835. The zero-order chi connectivity index (χ0) is 13.9. The van der Waals surface area contributed by atoms with Crippen molar-refractivity contribution >= 4 is 29.2 Å². The van der Waals surface area contributed by atoms with Gasteiger partial charge in [-0.3, -0.25) is 9.59 Å². The lowest BCUT2D eigenvalue weighted by molar-refractivity contribution is -0.118. The largest absolute Gasteiger partial charge is 0.308 e. The molecule has 2 aromatic rings. The fraction of sp³-hybridized carbons (Fsp3) is 0.200. The third kappa shape index (κ3) is 2.37. The normalized spacial score (nSPS) is 15.4. The molecule has 1 N–H and O–H groups in total. The van der Waals surface area contributed by atoms with Gasteiger partial charge in [-0.25, -0.2) is 0 Å². The van der Waals surface area contributed by atoms with E-state index >= 15 is 0 Å². The van der Waals surface area contributed by atoms with Crippen molar-refractivity contribution in [3.8, 4) is 10.4 Å². The molecule has 0 saturated carbocycles. The summed E-state index contributed by atoms with van der Waals surface area (Å²) in [6.45, 7) is 1.68. The summed E-state index contributed by atoms with van der Waals surface area (Å²) >= 11 is 1.43. The summed E-state index contributed by atoms with van der Waals surface area (Å²) in [4.78, 5) is 26.6. The molecule has 1 aromatic heterocycles. The van der Waals surface area contributed by atoms with Crippen molar-refractivity contribution in [3.05, 3.63) is 41.3 Å². The molecule has 1 fully saturated rings. The number of nitrogens with zero attached hydrogens (tertiary/aromatic N) is 1. The molecule has 3 rings (SSSR count). The van der Waals surface area contributed by atoms with E-state index in [0.29, 0.717) is 18.0 Å². The summed E-state index contributed by atoms with van der Waals surface area (Å²) in [5, 5.41) is 3.03. The SMILES string of the molecule is O=Cc1sc(-c2ccccc2)cc1N1CCNCC1=O. The highest BCUT2D eigenvalue weighted by atomic mass is 32.1. The number of carbonyl (C=O) groups excluding carboxylic acids is 2. The number of anilines is 1. The lowest BCUT2D eigenvalue weighted by Crippen LogP contribution is -2.48. The van der Waals surface area contributed by atoms with Crippen molar-refractivity contribution in [2.45, 2.75) is 0 Å². The van der Waals surface area contributed by atoms with Crippen molar-refractivity contribution in [1.29, 1.82) is 0 Å². The van der Waals surface area contributed by atoms with Crippen LogP contribution in [-0.2, 0) is 4.79 Å². The van der Waals surface area contributed by atoms with Crippen LogP contribution in [0.25, 0.3) is 10.4 Å². The predicted octanol–water partition coefficient (Wildman–Crippen LogP) is 2.16. The van der Waals surface area contributed by atoms with Crippen molar-refractivity contribution in [2.75, 3.05) is 24.5 Å². The van der Waals surface area contributed by atoms with Crippen LogP contribution >= 0.6 is 11.3 Å². The van der Waals surface area contributed by atoms with Crippen LogP contribution in [0, 0.1) is 0 Å². The molecule has 1 aliphatic rings. The van der Waals surface area contributed by atoms with Gasteiger partial charge in [-0.1, -0.05) is 30.3 Å². The maximum atomic E-state index is 12.0. The van der Waals surface area contributed by atoms with E-state index in [0.717, 1.165) is 29.0 Å². The number of amides is 1. The highest BCUT2D eigenvalue weighted by Gasteiger charge is 2.23. The first-order valence-corrected chi connectivity index (χ1v) is 7.27. The van der Waals surface area contributed by atoms with Crippen molar-refractivity contribution in [2.24, 2.45) is 0 Å². The third-order valence-corrected chi connectivity index (χ3v) is 4.38. The molecule has 1 saturated heterocycles. The molecule has 0 aliphatic carbocycles. The van der Waals surface area contributed by atoms with Crippen molar-refractivity contribution in [1.82, 2.24) is 5.32 Å². The van der Waals surface area contributed by atoms with E-state index in [2.05, 4.69) is 5.32 Å². The van der Waals surface area contributed by atoms with Crippen LogP contribution in [0.3, 0.4) is 0 Å². The second kappa shape index (κ2) is 5.56. The van der Waals surface area contributed by atoms with Crippen LogP contribution in [0.1, 0.15) is 9.67 Å². The predicted molar refractivity (Wildman–Crippen MR) is 80.4 cm³/mol. The zero-order valence-electron chi connectivity index (χ0n) is 10.8. The molecule has 1 amide bonds. The quantitative estimate of drug-likeness (QED) is 0.880. The average Bonchev–Trinajstić information content (AvgIpc) is 2.93. The Morgan fingerprint density at radius 1 is 1.25 bits per heavy atom. The number of aldehydes is 1. The molecule has 4 nitrogen and oxygen atoms in total. The van der Waals surface area contributed by atoms with E-state index in [9.17, 15) is 9.59 Å². The highest BCUT2D eigenvalue weighted by Crippen LogP contribution is 2.36. The van der Waals surface area contributed by atoms with Crippen LogP contribution in [0.15, 0.2) is 36.4 Å². The maximum Gasteiger partial charge on any atom is 0.241 e. The number of hydrogen-bond acceptors (Lipinski definition) is 4. The zero-order valence-corrected chi connectivity index (χ0v) is 11.7. The molecule has 5 heteroatoms. The van der Waals surface area contributed by atoms with Crippen molar-refractivity contribution in [3.63, 3.8) is 0 Å². The fourth-order valence-corrected chi connectivity index (χ4v) is 3.28. The first-order valence-electron chi connectivity index (χ1n) is 6.45. The summed E-state index contributed by atoms with van der Waals surface area (Å²) in [5.74, 6) is 0.0109. The van der Waals surface area contributed by atoms with Gasteiger partial charge in [0.15, 0.2) is 6.29 Å². The lowest BCUT2D eigenvalue weighted by Gasteiger charge is -2.26. The van der Waals surface area contributed by atoms with E-state index in [1.54, 1.807) is 4.90 Å². The molecular weight excluding hydrogens is 272 g/mol. The van der Waals surface area contributed by atoms with Crippen LogP contribution in [0.4, 0.5) is 5.69 Å². The molecule has 2 heterocycles. The van der Waals surface area contributed by atoms with E-state index in [4.69, 9.17) is 0 Å². The Morgan fingerprint density at radius 3 is 2.75 bits per heavy atom. The summed E-state index contributed by atoms with van der Waals surface area (Å²) in [7, 11) is 0. The number of piperazine rings is 1. The molecule has 0 radical (unpaired) electrons. The van der Waals surface area contributed by atoms with Gasteiger partial charge in [-0.15, -0.1) is 11.3 Å². The summed E-state index contributed by atoms with van der Waals surface area (Å²) < 4.78 is 0. The number of carbonyl (C=O) groups is 2. The van der Waals surface area contributed by atoms with Gasteiger partial charge >= 0.3 is 0 Å². The molecular formula is C15H14N2O2S. The third-order valence-electron chi connectivity index (χ3n) is 3.29. The molecule has 20 heavy (non-hydrogen) atoms. The Bertz CT molecular complexity index is 637. The molecule has 1 aromatic carbocycles. The Kier molecular flexibility index (Phi) is 3.62. The van der Waals surface area contributed by atoms with Crippen molar-refractivity contribution < 1.29 is 9.59 Å². The minimum Gasteiger partial charge on any atom is -0.308 e. The maximum absolute atomic E-state index is 12.0. The van der Waals surface area contributed by atoms with E-state index in [1.165, 1.54) is 11.3 Å². The Morgan fingerprint density at radius 2 is 2.05 bits per heavy atom. The van der Waals surface area contributed by atoms with Gasteiger partial charge in [0.25, 0.3) is 0 Å². The second-order valence-electron chi connectivity index (χ2n) is 4.57. The van der Waals surface area contributed by atoms with Gasteiger partial charge in [0.2, 0.25) is 5.91 Å². The number of hydrogen-bond donors (Lipinski definition) is 1. The van der Waals surface area contributed by atoms with Gasteiger partial charge in [-0.05, 0) is 11.6 Å². The second-order valence-corrected chi connectivity index (χ2v) is 5.65. The summed E-state index contributed by atoms with van der Waals surface area (Å²) in [5.41, 5.74) is 1.80. The monoisotopic (exact) mass is 286 g/mol. The number of rotatable bonds is 3. The van der Waals surface area contributed by atoms with Gasteiger partial charge in [0.05, 0.1) is 17.1 Å². The Labute approximate surface area is 121 Å². The number of nitrogens with one attached hydrogen (secondary N) is 1. The lowest BCUT2D eigenvalue weighted by atomic mass is 10.2. The standard InChI is InChI=1S/C15H14N2O2S/c18-10-14-12(17-7-6-16-9-15(17)19)8-13(20-14)11-4-2-1-3-5-11/h1-5,8,10,16H,6-7,9H2. The van der Waals surface area contributed by atoms with Gasteiger partial charge in [-0.2, -0.15) is 0 Å². The molecule has 0 atom stereocenters. The topological polar surface area (TPSA) is 49.4 Å². The van der Waals surface area contributed by atoms with Gasteiger partial charge < -0.3 is 10.2 Å². The fourth-order valence-electron chi connectivity index (χ4n) is 2.30. The number of benzene rings is 1. The molecule has 0 bridgehead atoms. The summed E-state index contributed by atoms with van der Waals surface area (Å²) in [6, 6.07) is 11.8.